The van der Waals surface area contributed by atoms with Gasteiger partial charge in [0.15, 0.2) is 17.2 Å². The molecule has 33 heavy (non-hydrogen) atoms. The molecule has 3 aromatic rings. The van der Waals surface area contributed by atoms with Crippen LogP contribution >= 0.6 is 11.6 Å². The highest BCUT2D eigenvalue weighted by atomic mass is 35.5. The minimum absolute atomic E-state index is 0.202. The molecule has 2 aliphatic heterocycles. The molecule has 0 aromatic heterocycles. The molecule has 0 N–H and O–H groups in total. The smallest absolute Gasteiger partial charge is 0.364 e. The number of aliphatic imine (C=N–C) groups is 1. The second-order valence-electron chi connectivity index (χ2n) is 7.25. The third kappa shape index (κ3) is 3.85. The van der Waals surface area contributed by atoms with Crippen LogP contribution in [0.3, 0.4) is 0 Å². The summed E-state index contributed by atoms with van der Waals surface area (Å²) in [4.78, 5) is 17.4. The summed E-state index contributed by atoms with van der Waals surface area (Å²) in [5, 5.41) is 0.586. The van der Waals surface area contributed by atoms with Crippen molar-refractivity contribution in [1.82, 2.24) is 0 Å². The van der Waals surface area contributed by atoms with Gasteiger partial charge in [-0.15, -0.1) is 0 Å². The lowest BCUT2D eigenvalue weighted by Gasteiger charge is -2.21. The topological polar surface area (TPSA) is 66.4 Å². The summed E-state index contributed by atoms with van der Waals surface area (Å²) < 4.78 is 22.4. The molecule has 0 spiro atoms. The van der Waals surface area contributed by atoms with Crippen molar-refractivity contribution in [2.45, 2.75) is 0 Å². The first-order chi connectivity index (χ1) is 16.1. The Labute approximate surface area is 195 Å². The summed E-state index contributed by atoms with van der Waals surface area (Å²) in [7, 11) is 3.15. The van der Waals surface area contributed by atoms with Gasteiger partial charge in [0.2, 0.25) is 5.90 Å². The van der Waals surface area contributed by atoms with Gasteiger partial charge in [0.1, 0.15) is 11.5 Å². The van der Waals surface area contributed by atoms with Crippen molar-refractivity contribution >= 4 is 34.8 Å². The second-order valence-corrected chi connectivity index (χ2v) is 7.69. The summed E-state index contributed by atoms with van der Waals surface area (Å²) in [6, 6.07) is 19.9. The van der Waals surface area contributed by atoms with Gasteiger partial charge in [-0.2, -0.15) is 0 Å². The fraction of sp³-hybridized carbons (Fsp3) is 0.0769. The number of benzene rings is 3. The van der Waals surface area contributed by atoms with Gasteiger partial charge in [-0.1, -0.05) is 29.8 Å². The molecule has 2 aliphatic rings. The Balaban J connectivity index is 1.65. The zero-order chi connectivity index (χ0) is 22.9. The number of hydrogen-bond acceptors (Lipinski definition) is 6. The Bertz CT molecular complexity index is 1360. The van der Waals surface area contributed by atoms with Crippen molar-refractivity contribution in [3.8, 4) is 17.2 Å². The first-order valence-corrected chi connectivity index (χ1v) is 10.5. The normalized spacial score (nSPS) is 16.9. The van der Waals surface area contributed by atoms with Crippen LogP contribution < -0.4 is 14.2 Å². The molecular formula is C26H18ClNO5. The monoisotopic (exact) mass is 459 g/mol. The molecule has 0 unspecified atom stereocenters. The quantitative estimate of drug-likeness (QED) is 0.380. The van der Waals surface area contributed by atoms with Crippen LogP contribution in [0.25, 0.3) is 11.3 Å². The zero-order valence-corrected chi connectivity index (χ0v) is 18.6. The van der Waals surface area contributed by atoms with E-state index >= 15 is 0 Å². The van der Waals surface area contributed by atoms with Gasteiger partial charge >= 0.3 is 5.97 Å². The number of hydrogen-bond donors (Lipinski definition) is 0. The van der Waals surface area contributed by atoms with Gasteiger partial charge in [-0.05, 0) is 54.6 Å². The molecule has 7 heteroatoms. The van der Waals surface area contributed by atoms with E-state index in [1.165, 1.54) is 0 Å². The summed E-state index contributed by atoms with van der Waals surface area (Å²) in [5.74, 6) is 2.01. The molecule has 0 aliphatic carbocycles. The van der Waals surface area contributed by atoms with Crippen molar-refractivity contribution in [1.29, 1.82) is 0 Å². The van der Waals surface area contributed by atoms with E-state index in [0.29, 0.717) is 39.2 Å². The summed E-state index contributed by atoms with van der Waals surface area (Å²) in [6.07, 6.45) is 1.79. The zero-order valence-electron chi connectivity index (χ0n) is 17.8. The third-order valence-corrected chi connectivity index (χ3v) is 5.53. The van der Waals surface area contributed by atoms with Crippen LogP contribution in [-0.4, -0.2) is 26.1 Å². The molecule has 2 heterocycles. The highest BCUT2D eigenvalue weighted by Gasteiger charge is 2.30. The maximum Gasteiger partial charge on any atom is 0.364 e. The predicted octanol–water partition coefficient (Wildman–Crippen LogP) is 5.51. The van der Waals surface area contributed by atoms with Crippen LogP contribution in [0.5, 0.6) is 17.2 Å². The van der Waals surface area contributed by atoms with Crippen LogP contribution in [0.1, 0.15) is 16.7 Å². The Hall–Kier alpha value is -4.03. The average Bonchev–Trinajstić information content (AvgIpc) is 3.24. The first-order valence-electron chi connectivity index (χ1n) is 10.1. The molecule has 0 fully saturated rings. The van der Waals surface area contributed by atoms with E-state index in [-0.39, 0.29) is 11.6 Å². The number of fused-ring (bicyclic) bond motifs is 1. The molecular weight excluding hydrogens is 442 g/mol. The van der Waals surface area contributed by atoms with E-state index in [1.807, 2.05) is 36.4 Å². The number of nitrogens with zero attached hydrogens (tertiary/aromatic N) is 1. The summed E-state index contributed by atoms with van der Waals surface area (Å²) in [6.45, 7) is 0. The number of esters is 1. The number of allylic oxidation sites excluding steroid dienone is 2. The van der Waals surface area contributed by atoms with Crippen LogP contribution in [0.15, 0.2) is 83.5 Å². The van der Waals surface area contributed by atoms with Gasteiger partial charge in [0.05, 0.1) is 14.2 Å². The van der Waals surface area contributed by atoms with Crippen molar-refractivity contribution in [2.75, 3.05) is 14.2 Å². The van der Waals surface area contributed by atoms with Crippen molar-refractivity contribution in [3.05, 3.63) is 100 Å². The number of methoxy groups -OCH3 is 2. The molecule has 0 saturated carbocycles. The van der Waals surface area contributed by atoms with Gasteiger partial charge in [0, 0.05) is 27.3 Å². The first kappa shape index (κ1) is 20.8. The molecule has 6 nitrogen and oxygen atoms in total. The minimum Gasteiger partial charge on any atom is -0.493 e. The van der Waals surface area contributed by atoms with Crippen molar-refractivity contribution < 1.29 is 23.7 Å². The highest BCUT2D eigenvalue weighted by Crippen LogP contribution is 2.41. The number of halogens is 1. The number of cyclic esters (lactones) is 1. The SMILES string of the molecule is COc1ccc(C2=C/C(=C3/N=C(c4ccc(Cl)cc4)OC3=O)c3ccccc3O2)cc1OC. The number of ether oxygens (including phenoxy) is 4. The minimum atomic E-state index is -0.533. The number of carbonyl (C=O) groups is 1. The fourth-order valence-electron chi connectivity index (χ4n) is 3.65. The standard InChI is InChI=1S/C26H18ClNO5/c1-30-21-12-9-16(13-23(21)31-2)22-14-19(18-5-3-4-6-20(18)32-22)24-26(29)33-25(28-24)15-7-10-17(27)11-8-15/h3-14H,1-2H3/b24-19-. The Morgan fingerprint density at radius 3 is 2.33 bits per heavy atom. The fourth-order valence-corrected chi connectivity index (χ4v) is 3.78. The molecule has 3 aromatic carbocycles. The summed E-state index contributed by atoms with van der Waals surface area (Å²) >= 11 is 5.97. The van der Waals surface area contributed by atoms with Gasteiger partial charge < -0.3 is 18.9 Å². The second kappa shape index (κ2) is 8.48. The van der Waals surface area contributed by atoms with E-state index in [2.05, 4.69) is 4.99 Å². The van der Waals surface area contributed by atoms with Crippen LogP contribution in [-0.2, 0) is 9.53 Å². The molecule has 0 radical (unpaired) electrons. The van der Waals surface area contributed by atoms with Gasteiger partial charge in [0.25, 0.3) is 0 Å². The maximum atomic E-state index is 12.8. The number of para-hydroxylation sites is 1. The molecule has 0 atom stereocenters. The predicted molar refractivity (Wildman–Crippen MR) is 126 cm³/mol. The van der Waals surface area contributed by atoms with Gasteiger partial charge in [-0.3, -0.25) is 0 Å². The lowest BCUT2D eigenvalue weighted by molar-refractivity contribution is -0.129. The Morgan fingerprint density at radius 1 is 0.848 bits per heavy atom. The molecule has 164 valence electrons. The van der Waals surface area contributed by atoms with Crippen molar-refractivity contribution in [3.63, 3.8) is 0 Å². The van der Waals surface area contributed by atoms with E-state index in [1.54, 1.807) is 50.6 Å². The van der Waals surface area contributed by atoms with Gasteiger partial charge in [-0.25, -0.2) is 9.79 Å². The van der Waals surface area contributed by atoms with E-state index in [9.17, 15) is 4.79 Å². The highest BCUT2D eigenvalue weighted by molar-refractivity contribution is 6.30. The number of carbonyl (C=O) groups excluding carboxylic acids is 1. The lowest BCUT2D eigenvalue weighted by atomic mass is 9.97. The Morgan fingerprint density at radius 2 is 1.58 bits per heavy atom. The van der Waals surface area contributed by atoms with Crippen LogP contribution in [0.2, 0.25) is 5.02 Å². The maximum absolute atomic E-state index is 12.8. The Kier molecular flexibility index (Phi) is 5.36. The molecule has 0 saturated heterocycles. The molecule has 0 amide bonds. The lowest BCUT2D eigenvalue weighted by Crippen LogP contribution is -2.08. The molecule has 5 rings (SSSR count). The summed E-state index contributed by atoms with van der Waals surface area (Å²) in [5.41, 5.74) is 2.97. The van der Waals surface area contributed by atoms with Crippen LogP contribution in [0.4, 0.5) is 0 Å². The van der Waals surface area contributed by atoms with E-state index < -0.39 is 5.97 Å². The largest absolute Gasteiger partial charge is 0.493 e. The van der Waals surface area contributed by atoms with E-state index in [0.717, 1.165) is 11.1 Å². The average molecular weight is 460 g/mol. The van der Waals surface area contributed by atoms with Crippen LogP contribution in [0, 0.1) is 0 Å². The van der Waals surface area contributed by atoms with Crippen molar-refractivity contribution in [2.24, 2.45) is 4.99 Å². The van der Waals surface area contributed by atoms with E-state index in [4.69, 9.17) is 30.5 Å². The number of rotatable bonds is 4. The molecule has 0 bridgehead atoms. The third-order valence-electron chi connectivity index (χ3n) is 5.28.